The molecule has 1 amide bonds. The second-order valence-corrected chi connectivity index (χ2v) is 3.86. The van der Waals surface area contributed by atoms with E-state index < -0.39 is 0 Å². The molecule has 2 atom stereocenters. The van der Waals surface area contributed by atoms with Crippen LogP contribution in [0.5, 0.6) is 0 Å². The van der Waals surface area contributed by atoms with Gasteiger partial charge in [0, 0.05) is 13.7 Å². The van der Waals surface area contributed by atoms with Crippen molar-refractivity contribution in [1.29, 1.82) is 0 Å². The molecule has 0 bridgehead atoms. The van der Waals surface area contributed by atoms with E-state index in [0.29, 0.717) is 6.61 Å². The fourth-order valence-corrected chi connectivity index (χ4v) is 1.70. The van der Waals surface area contributed by atoms with Crippen molar-refractivity contribution in [3.8, 4) is 0 Å². The van der Waals surface area contributed by atoms with Gasteiger partial charge in [-0.15, -0.1) is 12.4 Å². The van der Waals surface area contributed by atoms with Crippen LogP contribution in [0.15, 0.2) is 0 Å². The number of likely N-dealkylation sites (N-methyl/N-ethyl adjacent to an activating group) is 1. The van der Waals surface area contributed by atoms with Gasteiger partial charge in [-0.2, -0.15) is 0 Å². The third kappa shape index (κ3) is 3.97. The number of ether oxygens (including phenoxy) is 1. The van der Waals surface area contributed by atoms with E-state index in [1.165, 1.54) is 0 Å². The molecule has 0 aliphatic carbocycles. The fourth-order valence-electron chi connectivity index (χ4n) is 1.70. The summed E-state index contributed by atoms with van der Waals surface area (Å²) in [6.45, 7) is 3.44. The van der Waals surface area contributed by atoms with Gasteiger partial charge in [0.1, 0.15) is 0 Å². The molecule has 0 aromatic heterocycles. The third-order valence-corrected chi connectivity index (χ3v) is 2.72. The van der Waals surface area contributed by atoms with Crippen LogP contribution in [0.1, 0.15) is 26.2 Å². The van der Waals surface area contributed by atoms with Crippen LogP contribution in [-0.2, 0) is 9.53 Å². The molecular weight excluding hydrogens is 216 g/mol. The summed E-state index contributed by atoms with van der Waals surface area (Å²) in [6.07, 6.45) is 2.64. The van der Waals surface area contributed by atoms with E-state index in [4.69, 9.17) is 10.5 Å². The van der Waals surface area contributed by atoms with Crippen LogP contribution in [0.3, 0.4) is 0 Å². The van der Waals surface area contributed by atoms with Gasteiger partial charge in [0.15, 0.2) is 0 Å². The summed E-state index contributed by atoms with van der Waals surface area (Å²) in [4.78, 5) is 13.5. The van der Waals surface area contributed by atoms with E-state index in [1.807, 2.05) is 14.0 Å². The molecule has 2 N–H and O–H groups in total. The second-order valence-electron chi connectivity index (χ2n) is 3.86. The fraction of sp³-hybridized carbons (Fsp3) is 0.900. The molecule has 4 nitrogen and oxygen atoms in total. The zero-order chi connectivity index (χ0) is 10.6. The monoisotopic (exact) mass is 236 g/mol. The maximum absolute atomic E-state index is 11.8. The first-order valence-corrected chi connectivity index (χ1v) is 5.26. The van der Waals surface area contributed by atoms with Crippen molar-refractivity contribution in [2.24, 2.45) is 5.73 Å². The average Bonchev–Trinajstić information content (AvgIpc) is 2.68. The van der Waals surface area contributed by atoms with Crippen LogP contribution in [0.25, 0.3) is 0 Å². The molecule has 1 rings (SSSR count). The summed E-state index contributed by atoms with van der Waals surface area (Å²) < 4.78 is 5.23. The quantitative estimate of drug-likeness (QED) is 0.785. The van der Waals surface area contributed by atoms with Crippen molar-refractivity contribution in [3.63, 3.8) is 0 Å². The summed E-state index contributed by atoms with van der Waals surface area (Å²) in [6, 6.07) is -0.115. The third-order valence-electron chi connectivity index (χ3n) is 2.72. The molecule has 1 saturated heterocycles. The largest absolute Gasteiger partial charge is 0.379 e. The van der Waals surface area contributed by atoms with Gasteiger partial charge in [-0.25, -0.2) is 0 Å². The Morgan fingerprint density at radius 3 is 2.80 bits per heavy atom. The van der Waals surface area contributed by atoms with E-state index >= 15 is 0 Å². The Morgan fingerprint density at radius 1 is 1.67 bits per heavy atom. The molecule has 0 aromatic carbocycles. The summed E-state index contributed by atoms with van der Waals surface area (Å²) in [5, 5.41) is 0. The van der Waals surface area contributed by atoms with E-state index in [1.54, 1.807) is 4.90 Å². The average molecular weight is 237 g/mol. The molecule has 15 heavy (non-hydrogen) atoms. The number of amides is 1. The number of hydrogen-bond donors (Lipinski definition) is 1. The Bertz CT molecular complexity index is 196. The number of hydrogen-bond acceptors (Lipinski definition) is 3. The van der Waals surface area contributed by atoms with Crippen molar-refractivity contribution >= 4 is 18.3 Å². The highest BCUT2D eigenvalue weighted by Gasteiger charge is 2.26. The van der Waals surface area contributed by atoms with Crippen molar-refractivity contribution in [1.82, 2.24) is 4.90 Å². The van der Waals surface area contributed by atoms with Crippen LogP contribution in [0, 0.1) is 0 Å². The minimum Gasteiger partial charge on any atom is -0.379 e. The van der Waals surface area contributed by atoms with Gasteiger partial charge in [0.2, 0.25) is 5.91 Å². The highest BCUT2D eigenvalue weighted by atomic mass is 35.5. The topological polar surface area (TPSA) is 55.6 Å². The lowest BCUT2D eigenvalue weighted by Gasteiger charge is -2.26. The Balaban J connectivity index is 0.00000196. The van der Waals surface area contributed by atoms with Gasteiger partial charge in [-0.05, 0) is 12.8 Å². The van der Waals surface area contributed by atoms with E-state index in [9.17, 15) is 4.79 Å². The standard InChI is InChI=1S/C10H20N2O2.ClH/c1-3-4-9(11)10(13)12(2)8-5-6-14-7-8;/h8-9H,3-7,11H2,1-2H3;1H. The zero-order valence-electron chi connectivity index (χ0n) is 9.44. The molecule has 0 aromatic rings. The van der Waals surface area contributed by atoms with E-state index in [2.05, 4.69) is 0 Å². The Kier molecular flexibility index (Phi) is 6.89. The Labute approximate surface area is 97.5 Å². The number of carbonyl (C=O) groups excluding carboxylic acids is 1. The Morgan fingerprint density at radius 2 is 2.33 bits per heavy atom. The predicted octanol–water partition coefficient (Wildman–Crippen LogP) is 0.783. The molecule has 0 radical (unpaired) electrons. The Hall–Kier alpha value is -0.320. The van der Waals surface area contributed by atoms with E-state index in [-0.39, 0.29) is 30.4 Å². The molecule has 1 aliphatic heterocycles. The van der Waals surface area contributed by atoms with Gasteiger partial charge >= 0.3 is 0 Å². The lowest BCUT2D eigenvalue weighted by molar-refractivity contribution is -0.133. The number of nitrogens with two attached hydrogens (primary N) is 1. The summed E-state index contributed by atoms with van der Waals surface area (Å²) >= 11 is 0. The minimum absolute atomic E-state index is 0. The lowest BCUT2D eigenvalue weighted by atomic mass is 10.1. The van der Waals surface area contributed by atoms with Crippen LogP contribution < -0.4 is 5.73 Å². The highest BCUT2D eigenvalue weighted by molar-refractivity contribution is 5.85. The predicted molar refractivity (Wildman–Crippen MR) is 62.1 cm³/mol. The maximum atomic E-state index is 11.8. The van der Waals surface area contributed by atoms with E-state index in [0.717, 1.165) is 25.9 Å². The molecular formula is C10H21ClN2O2. The molecule has 0 spiro atoms. The summed E-state index contributed by atoms with van der Waals surface area (Å²) in [7, 11) is 1.82. The van der Waals surface area contributed by atoms with Crippen molar-refractivity contribution in [2.75, 3.05) is 20.3 Å². The van der Waals surface area contributed by atoms with Gasteiger partial charge < -0.3 is 15.4 Å². The summed E-state index contributed by atoms with van der Waals surface area (Å²) in [5.41, 5.74) is 5.76. The SMILES string of the molecule is CCCC(N)C(=O)N(C)C1CCOC1.Cl. The molecule has 5 heteroatoms. The van der Waals surface area contributed by atoms with Crippen molar-refractivity contribution in [3.05, 3.63) is 0 Å². The molecule has 0 saturated carbocycles. The number of nitrogens with zero attached hydrogens (tertiary/aromatic N) is 1. The smallest absolute Gasteiger partial charge is 0.239 e. The normalized spacial score (nSPS) is 21.9. The first-order chi connectivity index (χ1) is 6.66. The maximum Gasteiger partial charge on any atom is 0.239 e. The number of halogens is 1. The first kappa shape index (κ1) is 14.7. The first-order valence-electron chi connectivity index (χ1n) is 5.26. The molecule has 1 heterocycles. The molecule has 90 valence electrons. The molecule has 1 aliphatic rings. The van der Waals surface area contributed by atoms with Crippen LogP contribution in [0.2, 0.25) is 0 Å². The molecule has 1 fully saturated rings. The van der Waals surface area contributed by atoms with Gasteiger partial charge in [-0.1, -0.05) is 13.3 Å². The second kappa shape index (κ2) is 7.04. The minimum atomic E-state index is -0.342. The number of carbonyl (C=O) groups is 1. The van der Waals surface area contributed by atoms with Crippen LogP contribution in [-0.4, -0.2) is 43.2 Å². The lowest BCUT2D eigenvalue weighted by Crippen LogP contribution is -2.46. The molecule has 2 unspecified atom stereocenters. The van der Waals surface area contributed by atoms with Crippen molar-refractivity contribution < 1.29 is 9.53 Å². The summed E-state index contributed by atoms with van der Waals surface area (Å²) in [5.74, 6) is 0.0438. The van der Waals surface area contributed by atoms with Gasteiger partial charge in [0.25, 0.3) is 0 Å². The highest BCUT2D eigenvalue weighted by Crippen LogP contribution is 2.12. The van der Waals surface area contributed by atoms with Gasteiger partial charge in [-0.3, -0.25) is 4.79 Å². The van der Waals surface area contributed by atoms with Crippen LogP contribution >= 0.6 is 12.4 Å². The number of rotatable bonds is 4. The van der Waals surface area contributed by atoms with Crippen LogP contribution in [0.4, 0.5) is 0 Å². The van der Waals surface area contributed by atoms with Crippen molar-refractivity contribution in [2.45, 2.75) is 38.3 Å². The zero-order valence-corrected chi connectivity index (χ0v) is 10.3. The van der Waals surface area contributed by atoms with Gasteiger partial charge in [0.05, 0.1) is 18.7 Å².